The van der Waals surface area contributed by atoms with Crippen molar-refractivity contribution in [2.75, 3.05) is 0 Å². The molecule has 0 N–H and O–H groups in total. The summed E-state index contributed by atoms with van der Waals surface area (Å²) in [4.78, 5) is 10.2. The number of hydrogen-bond donors (Lipinski definition) is 0. The molecule has 0 aliphatic carbocycles. The molecule has 0 fully saturated rings. The predicted molar refractivity (Wildman–Crippen MR) is 155 cm³/mol. The van der Waals surface area contributed by atoms with Crippen LogP contribution in [-0.2, 0) is 30.9 Å². The van der Waals surface area contributed by atoms with Crippen molar-refractivity contribution in [2.45, 2.75) is 59.3 Å². The smallest absolute Gasteiger partial charge is 0.0289 e. The first-order valence-corrected chi connectivity index (χ1v) is 13.2. The fraction of sp³-hybridized carbons (Fsp3) is 0.273. The van der Waals surface area contributed by atoms with Crippen LogP contribution < -0.4 is 0 Å². The van der Waals surface area contributed by atoms with Gasteiger partial charge in [0.2, 0.25) is 0 Å². The Labute approximate surface area is 239 Å². The summed E-state index contributed by atoms with van der Waals surface area (Å²) in [6.07, 6.45) is 3.69. The number of benzene rings is 2. The molecule has 193 valence electrons. The Kier molecular flexibility index (Phi) is 9.23. The molecule has 0 unspecified atom stereocenters. The average Bonchev–Trinajstić information content (AvgIpc) is 3.24. The fourth-order valence-electron chi connectivity index (χ4n) is 3.92. The van der Waals surface area contributed by atoms with Crippen molar-refractivity contribution < 1.29 is 20.1 Å². The van der Waals surface area contributed by atoms with Crippen LogP contribution in [0.15, 0.2) is 79.1 Å². The largest absolute Gasteiger partial charge is 0.305 e. The Bertz CT molecular complexity index is 1420. The molecule has 1 radical (unpaired) electrons. The first-order valence-electron chi connectivity index (χ1n) is 12.3. The molecule has 5 aromatic rings. The van der Waals surface area contributed by atoms with E-state index in [2.05, 4.69) is 119 Å². The van der Waals surface area contributed by atoms with E-state index in [1.54, 1.807) is 6.20 Å². The van der Waals surface area contributed by atoms with E-state index in [4.69, 9.17) is 0 Å². The summed E-state index contributed by atoms with van der Waals surface area (Å²) in [7, 11) is 0. The average molecular weight is 683 g/mol. The van der Waals surface area contributed by atoms with Gasteiger partial charge < -0.3 is 9.97 Å². The minimum atomic E-state index is 0. The van der Waals surface area contributed by atoms with Crippen LogP contribution in [0.4, 0.5) is 0 Å². The number of hydrogen-bond acceptors (Lipinski definition) is 3. The first kappa shape index (κ1) is 28.9. The Hall–Kier alpha value is -2.65. The van der Waals surface area contributed by atoms with E-state index in [0.717, 1.165) is 22.5 Å². The van der Waals surface area contributed by atoms with Crippen LogP contribution in [0.2, 0.25) is 0 Å². The molecule has 0 saturated carbocycles. The number of rotatable bonds is 2. The topological polar surface area (TPSA) is 25.8 Å². The van der Waals surface area contributed by atoms with Crippen LogP contribution in [0.5, 0.6) is 0 Å². The maximum atomic E-state index is 4.56. The number of pyridine rings is 2. The Balaban J connectivity index is 0.000000205. The number of fused-ring (bicyclic) bond motifs is 1. The molecule has 5 rings (SSSR count). The molecule has 4 heteroatoms. The second-order valence-electron chi connectivity index (χ2n) is 11.1. The van der Waals surface area contributed by atoms with Crippen LogP contribution >= 0.6 is 11.3 Å². The van der Waals surface area contributed by atoms with Gasteiger partial charge in [-0.15, -0.1) is 82.1 Å². The zero-order valence-corrected chi connectivity index (χ0v) is 25.9. The SMILES string of the molecule is CC(C)(C)c1c[c-]c(-c2ccccn2)cc1.Cc1cc2c(-c3[c-]cc(C(C)(C)C)cc3)nccc2s1.[Ir]. The van der Waals surface area contributed by atoms with Gasteiger partial charge in [-0.2, -0.15) is 0 Å². The first-order chi connectivity index (χ1) is 17.0. The summed E-state index contributed by atoms with van der Waals surface area (Å²) in [5, 5.41) is 1.23. The third-order valence-corrected chi connectivity index (χ3v) is 7.14. The molecule has 0 aliphatic rings. The normalized spacial score (nSPS) is 11.4. The molecule has 0 aliphatic heterocycles. The third-order valence-electron chi connectivity index (χ3n) is 6.12. The summed E-state index contributed by atoms with van der Waals surface area (Å²) in [5.41, 5.74) is 7.07. The van der Waals surface area contributed by atoms with Crippen molar-refractivity contribution in [3.63, 3.8) is 0 Å². The summed E-state index contributed by atoms with van der Waals surface area (Å²) in [6, 6.07) is 29.6. The van der Waals surface area contributed by atoms with Gasteiger partial charge in [-0.25, -0.2) is 0 Å². The van der Waals surface area contributed by atoms with Crippen LogP contribution in [0.3, 0.4) is 0 Å². The molecule has 2 nitrogen and oxygen atoms in total. The van der Waals surface area contributed by atoms with Crippen molar-refractivity contribution >= 4 is 21.4 Å². The standard InChI is InChI=1S/C18H18NS.C15H16N.Ir/c1-12-11-15-16(20-12)9-10-19-17(15)13-5-7-14(8-6-13)18(2,3)4;1-15(2,3)13-9-7-12(8-10-13)14-6-4-5-11-16-14;/h5,7-11H,1-4H3;4-7,9-11H,1-3H3;/q2*-1;. The van der Waals surface area contributed by atoms with E-state index in [-0.39, 0.29) is 30.9 Å². The summed E-state index contributed by atoms with van der Waals surface area (Å²) >= 11 is 1.81. The van der Waals surface area contributed by atoms with Crippen molar-refractivity contribution in [3.05, 3.63) is 107 Å². The number of aryl methyl sites for hydroxylation is 1. The molecule has 37 heavy (non-hydrogen) atoms. The molecule has 0 saturated heterocycles. The van der Waals surface area contributed by atoms with Gasteiger partial charge >= 0.3 is 0 Å². The summed E-state index contributed by atoms with van der Waals surface area (Å²) in [5.74, 6) is 0. The minimum Gasteiger partial charge on any atom is -0.305 e. The monoisotopic (exact) mass is 683 g/mol. The second-order valence-corrected chi connectivity index (χ2v) is 12.4. The van der Waals surface area contributed by atoms with Gasteiger partial charge in [-0.3, -0.25) is 0 Å². The molecule has 0 amide bonds. The maximum absolute atomic E-state index is 4.56. The van der Waals surface area contributed by atoms with E-state index in [1.807, 2.05) is 35.7 Å². The van der Waals surface area contributed by atoms with E-state index >= 15 is 0 Å². The molecule has 0 atom stereocenters. The van der Waals surface area contributed by atoms with Crippen molar-refractivity contribution in [2.24, 2.45) is 0 Å². The van der Waals surface area contributed by atoms with E-state index in [0.29, 0.717) is 0 Å². The van der Waals surface area contributed by atoms with Gasteiger partial charge in [0.05, 0.1) is 0 Å². The van der Waals surface area contributed by atoms with Gasteiger partial charge in [0.25, 0.3) is 0 Å². The van der Waals surface area contributed by atoms with Gasteiger partial charge in [0, 0.05) is 42.1 Å². The van der Waals surface area contributed by atoms with Crippen molar-refractivity contribution in [1.82, 2.24) is 9.97 Å². The molecule has 3 aromatic heterocycles. The number of thiophene rings is 1. The third kappa shape index (κ3) is 7.23. The van der Waals surface area contributed by atoms with Crippen LogP contribution in [-0.4, -0.2) is 9.97 Å². The van der Waals surface area contributed by atoms with E-state index < -0.39 is 0 Å². The van der Waals surface area contributed by atoms with E-state index in [9.17, 15) is 0 Å². The van der Waals surface area contributed by atoms with Crippen LogP contribution in [0.25, 0.3) is 32.6 Å². The Morgan fingerprint density at radius 2 is 1.32 bits per heavy atom. The Morgan fingerprint density at radius 3 is 1.84 bits per heavy atom. The zero-order valence-electron chi connectivity index (χ0n) is 22.6. The molecule has 2 aromatic carbocycles. The molecule has 0 spiro atoms. The van der Waals surface area contributed by atoms with Gasteiger partial charge in [0.15, 0.2) is 0 Å². The minimum absolute atomic E-state index is 0. The van der Waals surface area contributed by atoms with Crippen LogP contribution in [0.1, 0.15) is 57.5 Å². The molecule has 3 heterocycles. The fourth-order valence-corrected chi connectivity index (χ4v) is 4.83. The number of aromatic nitrogens is 2. The van der Waals surface area contributed by atoms with Crippen molar-refractivity contribution in [3.8, 4) is 22.5 Å². The van der Waals surface area contributed by atoms with Crippen molar-refractivity contribution in [1.29, 1.82) is 0 Å². The van der Waals surface area contributed by atoms with Gasteiger partial charge in [-0.1, -0.05) is 53.7 Å². The molecular weight excluding hydrogens is 649 g/mol. The Morgan fingerprint density at radius 1 is 0.703 bits per heavy atom. The predicted octanol–water partition coefficient (Wildman–Crippen LogP) is 9.21. The maximum Gasteiger partial charge on any atom is 0.0289 e. The second kappa shape index (κ2) is 11.8. The summed E-state index contributed by atoms with van der Waals surface area (Å²) < 4.78 is 1.29. The van der Waals surface area contributed by atoms with E-state index in [1.165, 1.54) is 26.1 Å². The summed E-state index contributed by atoms with van der Waals surface area (Å²) in [6.45, 7) is 15.4. The number of nitrogens with zero attached hydrogens (tertiary/aromatic N) is 2. The van der Waals surface area contributed by atoms with Gasteiger partial charge in [-0.05, 0) is 52.7 Å². The zero-order chi connectivity index (χ0) is 25.9. The molecular formula is C33H34IrN2S-2. The van der Waals surface area contributed by atoms with Crippen LogP contribution in [0, 0.1) is 19.1 Å². The molecule has 0 bridgehead atoms. The van der Waals surface area contributed by atoms with Gasteiger partial charge in [0.1, 0.15) is 0 Å². The quantitative estimate of drug-likeness (QED) is 0.174.